The zero-order valence-corrected chi connectivity index (χ0v) is 11.3. The smallest absolute Gasteiger partial charge is 0.110 e. The van der Waals surface area contributed by atoms with E-state index in [0.717, 1.165) is 30.1 Å². The van der Waals surface area contributed by atoms with Crippen molar-refractivity contribution in [1.82, 2.24) is 20.3 Å². The number of piperidine rings is 1. The standard InChI is InChI=1S/C16H18N4/c1-2-6-14-12(5-1)13(9-18-14)15-10-19-16(20-15)11-4-3-7-17-8-11/h1-2,5-6,9-11,17-18H,3-4,7-8H2,(H,19,20). The summed E-state index contributed by atoms with van der Waals surface area (Å²) in [4.78, 5) is 11.4. The van der Waals surface area contributed by atoms with Gasteiger partial charge in [0.2, 0.25) is 0 Å². The monoisotopic (exact) mass is 266 g/mol. The van der Waals surface area contributed by atoms with Crippen molar-refractivity contribution in [2.75, 3.05) is 13.1 Å². The van der Waals surface area contributed by atoms with E-state index in [1.54, 1.807) is 0 Å². The Balaban J connectivity index is 1.70. The number of imidazole rings is 1. The van der Waals surface area contributed by atoms with Crippen LogP contribution in [0.2, 0.25) is 0 Å². The summed E-state index contributed by atoms with van der Waals surface area (Å²) in [5, 5.41) is 4.68. The van der Waals surface area contributed by atoms with E-state index < -0.39 is 0 Å². The van der Waals surface area contributed by atoms with E-state index in [9.17, 15) is 0 Å². The number of nitrogens with one attached hydrogen (secondary N) is 3. The Kier molecular flexibility index (Phi) is 2.81. The molecule has 3 heterocycles. The fraction of sp³-hybridized carbons (Fsp3) is 0.312. The molecule has 1 aliphatic heterocycles. The topological polar surface area (TPSA) is 56.5 Å². The first-order valence-electron chi connectivity index (χ1n) is 7.24. The Morgan fingerprint density at radius 3 is 3.05 bits per heavy atom. The van der Waals surface area contributed by atoms with Crippen LogP contribution >= 0.6 is 0 Å². The van der Waals surface area contributed by atoms with Crippen LogP contribution in [0.4, 0.5) is 0 Å². The molecular weight excluding hydrogens is 248 g/mol. The SMILES string of the molecule is c1ccc2c(-c3cnc(C4CCCNC4)[nH]3)c[nH]c2c1. The highest BCUT2D eigenvalue weighted by molar-refractivity contribution is 5.94. The van der Waals surface area contributed by atoms with Crippen LogP contribution in [0.3, 0.4) is 0 Å². The maximum absolute atomic E-state index is 4.59. The number of hydrogen-bond acceptors (Lipinski definition) is 2. The Labute approximate surface area is 117 Å². The van der Waals surface area contributed by atoms with Crippen LogP contribution in [-0.4, -0.2) is 28.0 Å². The number of nitrogens with zero attached hydrogens (tertiary/aromatic N) is 1. The largest absolute Gasteiger partial charge is 0.360 e. The van der Waals surface area contributed by atoms with Crippen LogP contribution in [-0.2, 0) is 0 Å². The average Bonchev–Trinajstić information content (AvgIpc) is 3.14. The zero-order chi connectivity index (χ0) is 13.4. The maximum atomic E-state index is 4.59. The third kappa shape index (κ3) is 1.93. The van der Waals surface area contributed by atoms with Gasteiger partial charge in [0.05, 0.1) is 11.9 Å². The van der Waals surface area contributed by atoms with Crippen LogP contribution in [0, 0.1) is 0 Å². The molecule has 1 unspecified atom stereocenters. The summed E-state index contributed by atoms with van der Waals surface area (Å²) < 4.78 is 0. The van der Waals surface area contributed by atoms with E-state index in [4.69, 9.17) is 0 Å². The molecule has 0 saturated carbocycles. The first-order valence-corrected chi connectivity index (χ1v) is 7.24. The van der Waals surface area contributed by atoms with Crippen molar-refractivity contribution >= 4 is 10.9 Å². The summed E-state index contributed by atoms with van der Waals surface area (Å²) in [5.41, 5.74) is 3.46. The van der Waals surface area contributed by atoms with Crippen molar-refractivity contribution in [1.29, 1.82) is 0 Å². The normalized spacial score (nSPS) is 19.5. The van der Waals surface area contributed by atoms with E-state index in [1.807, 2.05) is 6.20 Å². The summed E-state index contributed by atoms with van der Waals surface area (Å²) in [7, 11) is 0. The molecule has 20 heavy (non-hydrogen) atoms. The molecular formula is C16H18N4. The first kappa shape index (κ1) is 11.7. The van der Waals surface area contributed by atoms with Crippen molar-refractivity contribution in [3.05, 3.63) is 42.5 Å². The van der Waals surface area contributed by atoms with Crippen LogP contribution in [0.15, 0.2) is 36.7 Å². The van der Waals surface area contributed by atoms with Crippen LogP contribution in [0.1, 0.15) is 24.6 Å². The fourth-order valence-corrected chi connectivity index (χ4v) is 3.06. The van der Waals surface area contributed by atoms with E-state index >= 15 is 0 Å². The molecule has 102 valence electrons. The molecule has 4 rings (SSSR count). The average molecular weight is 266 g/mol. The van der Waals surface area contributed by atoms with Gasteiger partial charge in [0.1, 0.15) is 5.82 Å². The molecule has 0 spiro atoms. The summed E-state index contributed by atoms with van der Waals surface area (Å²) in [6.07, 6.45) is 6.46. The van der Waals surface area contributed by atoms with Crippen molar-refractivity contribution in [3.63, 3.8) is 0 Å². The van der Waals surface area contributed by atoms with Gasteiger partial charge in [0.25, 0.3) is 0 Å². The molecule has 1 aliphatic rings. The molecule has 1 aromatic carbocycles. The summed E-state index contributed by atoms with van der Waals surface area (Å²) in [6.45, 7) is 2.16. The molecule has 0 radical (unpaired) electrons. The van der Waals surface area contributed by atoms with E-state index in [1.165, 1.54) is 23.8 Å². The molecule has 2 aromatic heterocycles. The van der Waals surface area contributed by atoms with E-state index in [2.05, 4.69) is 50.7 Å². The lowest BCUT2D eigenvalue weighted by molar-refractivity contribution is 0.449. The van der Waals surface area contributed by atoms with Gasteiger partial charge in [-0.25, -0.2) is 4.98 Å². The lowest BCUT2D eigenvalue weighted by Gasteiger charge is -2.20. The van der Waals surface area contributed by atoms with Crippen LogP contribution in [0.5, 0.6) is 0 Å². The summed E-state index contributed by atoms with van der Waals surface area (Å²) in [6, 6.07) is 8.36. The molecule has 3 N–H and O–H groups in total. The molecule has 4 nitrogen and oxygen atoms in total. The highest BCUT2D eigenvalue weighted by Gasteiger charge is 2.18. The van der Waals surface area contributed by atoms with Gasteiger partial charge in [-0.05, 0) is 25.5 Å². The van der Waals surface area contributed by atoms with E-state index in [0.29, 0.717) is 5.92 Å². The molecule has 1 saturated heterocycles. The second kappa shape index (κ2) is 4.80. The molecule has 3 aromatic rings. The molecule has 0 bridgehead atoms. The fourth-order valence-electron chi connectivity index (χ4n) is 3.06. The molecule has 1 fully saturated rings. The highest BCUT2D eigenvalue weighted by atomic mass is 15.0. The Bertz CT molecular complexity index is 719. The summed E-state index contributed by atoms with van der Waals surface area (Å²) >= 11 is 0. The molecule has 0 aliphatic carbocycles. The number of H-pyrrole nitrogens is 2. The second-order valence-electron chi connectivity index (χ2n) is 5.47. The number of hydrogen-bond donors (Lipinski definition) is 3. The van der Waals surface area contributed by atoms with Gasteiger partial charge in [-0.2, -0.15) is 0 Å². The predicted octanol–water partition coefficient (Wildman–Crippen LogP) is 3.02. The number of rotatable bonds is 2. The Morgan fingerprint density at radius 1 is 1.20 bits per heavy atom. The number of aromatic amines is 2. The number of para-hydroxylation sites is 1. The maximum Gasteiger partial charge on any atom is 0.110 e. The van der Waals surface area contributed by atoms with E-state index in [-0.39, 0.29) is 0 Å². The molecule has 1 atom stereocenters. The third-order valence-corrected chi connectivity index (χ3v) is 4.16. The quantitative estimate of drug-likeness (QED) is 0.668. The van der Waals surface area contributed by atoms with Crippen LogP contribution < -0.4 is 5.32 Å². The lowest BCUT2D eigenvalue weighted by atomic mass is 9.99. The van der Waals surface area contributed by atoms with Gasteiger partial charge < -0.3 is 15.3 Å². The van der Waals surface area contributed by atoms with Gasteiger partial charge in [-0.3, -0.25) is 0 Å². The number of fused-ring (bicyclic) bond motifs is 1. The Hall–Kier alpha value is -2.07. The Morgan fingerprint density at radius 2 is 2.15 bits per heavy atom. The summed E-state index contributed by atoms with van der Waals surface area (Å²) in [5.74, 6) is 1.63. The van der Waals surface area contributed by atoms with Gasteiger partial charge in [0, 0.05) is 35.1 Å². The van der Waals surface area contributed by atoms with Gasteiger partial charge in [-0.1, -0.05) is 18.2 Å². The second-order valence-corrected chi connectivity index (χ2v) is 5.47. The van der Waals surface area contributed by atoms with Gasteiger partial charge >= 0.3 is 0 Å². The van der Waals surface area contributed by atoms with Gasteiger partial charge in [-0.15, -0.1) is 0 Å². The minimum Gasteiger partial charge on any atom is -0.360 e. The van der Waals surface area contributed by atoms with Crippen molar-refractivity contribution in [3.8, 4) is 11.3 Å². The number of aromatic nitrogens is 3. The molecule has 0 amide bonds. The van der Waals surface area contributed by atoms with Gasteiger partial charge in [0.15, 0.2) is 0 Å². The highest BCUT2D eigenvalue weighted by Crippen LogP contribution is 2.29. The minimum atomic E-state index is 0.516. The third-order valence-electron chi connectivity index (χ3n) is 4.16. The van der Waals surface area contributed by atoms with Crippen molar-refractivity contribution in [2.45, 2.75) is 18.8 Å². The molecule has 4 heteroatoms. The predicted molar refractivity (Wildman–Crippen MR) is 80.7 cm³/mol. The first-order chi connectivity index (χ1) is 9.92. The minimum absolute atomic E-state index is 0.516. The van der Waals surface area contributed by atoms with Crippen molar-refractivity contribution in [2.24, 2.45) is 0 Å². The number of benzene rings is 1. The van der Waals surface area contributed by atoms with Crippen LogP contribution in [0.25, 0.3) is 22.2 Å². The lowest BCUT2D eigenvalue weighted by Crippen LogP contribution is -2.28. The zero-order valence-electron chi connectivity index (χ0n) is 11.3. The van der Waals surface area contributed by atoms with Crippen molar-refractivity contribution < 1.29 is 0 Å².